The number of thiazole rings is 1. The monoisotopic (exact) mass is 478 g/mol. The number of carbonyl (C=O) groups excluding carboxylic acids is 1. The number of ether oxygens (including phenoxy) is 4. The molecule has 2 fully saturated rings. The fraction of sp³-hybridized carbons (Fsp3) is 0.474. The molecule has 7 nitrogen and oxygen atoms in total. The van der Waals surface area contributed by atoms with Crippen molar-refractivity contribution in [1.29, 1.82) is 0 Å². The van der Waals surface area contributed by atoms with E-state index in [4.69, 9.17) is 25.8 Å². The molecule has 168 valence electrons. The van der Waals surface area contributed by atoms with Crippen molar-refractivity contribution in [2.45, 2.75) is 24.5 Å². The molecule has 0 aliphatic carbocycles. The molecule has 12 heteroatoms. The quantitative estimate of drug-likeness (QED) is 0.588. The maximum atomic E-state index is 13.0. The lowest BCUT2D eigenvalue weighted by molar-refractivity contribution is -0.325. The van der Waals surface area contributed by atoms with Gasteiger partial charge in [0, 0.05) is 30.1 Å². The van der Waals surface area contributed by atoms with E-state index in [0.717, 1.165) is 5.01 Å². The number of amides is 1. The largest absolute Gasteiger partial charge is 0.522 e. The van der Waals surface area contributed by atoms with Crippen LogP contribution in [0.4, 0.5) is 13.2 Å². The first kappa shape index (κ1) is 22.3. The molecule has 2 saturated heterocycles. The van der Waals surface area contributed by atoms with Crippen LogP contribution in [0.2, 0.25) is 5.02 Å². The number of aromatic nitrogens is 1. The normalized spacial score (nSPS) is 23.6. The van der Waals surface area contributed by atoms with Crippen molar-refractivity contribution in [3.05, 3.63) is 45.4 Å². The number of piperidine rings is 1. The van der Waals surface area contributed by atoms with Crippen LogP contribution in [0.3, 0.4) is 0 Å². The topological polar surface area (TPSA) is 70.1 Å². The highest BCUT2D eigenvalue weighted by molar-refractivity contribution is 7.09. The smallest absolute Gasteiger partial charge is 0.490 e. The Hall–Kier alpha value is -1.92. The number of halogens is 4. The van der Waals surface area contributed by atoms with Crippen LogP contribution in [-0.2, 0) is 19.8 Å². The van der Waals surface area contributed by atoms with Gasteiger partial charge in [-0.15, -0.1) is 24.5 Å². The lowest BCUT2D eigenvalue weighted by Crippen LogP contribution is -2.53. The fourth-order valence-electron chi connectivity index (χ4n) is 3.64. The van der Waals surface area contributed by atoms with Gasteiger partial charge in [-0.3, -0.25) is 9.53 Å². The first-order valence-electron chi connectivity index (χ1n) is 9.36. The minimum Gasteiger partial charge on any atom is -0.490 e. The molecule has 1 aromatic carbocycles. The second-order valence-corrected chi connectivity index (χ2v) is 8.24. The van der Waals surface area contributed by atoms with Gasteiger partial charge in [-0.05, 0) is 18.2 Å². The molecule has 1 unspecified atom stereocenters. The van der Waals surface area contributed by atoms with Gasteiger partial charge < -0.3 is 19.1 Å². The number of nitrogens with zero attached hydrogens (tertiary/aromatic N) is 2. The molecule has 0 radical (unpaired) electrons. The van der Waals surface area contributed by atoms with Crippen molar-refractivity contribution < 1.29 is 36.9 Å². The zero-order chi connectivity index (χ0) is 22.1. The van der Waals surface area contributed by atoms with Crippen LogP contribution >= 0.6 is 22.9 Å². The van der Waals surface area contributed by atoms with E-state index < -0.39 is 18.6 Å². The average molecular weight is 479 g/mol. The summed E-state index contributed by atoms with van der Waals surface area (Å²) in [5.74, 6) is -0.0740. The molecule has 31 heavy (non-hydrogen) atoms. The molecule has 2 aliphatic heterocycles. The average Bonchev–Trinajstić information content (AvgIpc) is 3.40. The van der Waals surface area contributed by atoms with Gasteiger partial charge in [0.15, 0.2) is 5.60 Å². The van der Waals surface area contributed by atoms with Crippen LogP contribution in [-0.4, -0.2) is 61.4 Å². The van der Waals surface area contributed by atoms with Gasteiger partial charge in [0.1, 0.15) is 30.3 Å². The zero-order valence-electron chi connectivity index (χ0n) is 16.1. The van der Waals surface area contributed by atoms with Crippen LogP contribution in [0.25, 0.3) is 0 Å². The molecule has 1 amide bonds. The summed E-state index contributed by atoms with van der Waals surface area (Å²) >= 11 is 7.64. The Bertz CT molecular complexity index is 930. The van der Waals surface area contributed by atoms with E-state index in [2.05, 4.69) is 9.72 Å². The highest BCUT2D eigenvalue weighted by Crippen LogP contribution is 2.43. The lowest BCUT2D eigenvalue weighted by atomic mass is 9.89. The summed E-state index contributed by atoms with van der Waals surface area (Å²) in [5.41, 5.74) is -0.303. The first-order valence-corrected chi connectivity index (χ1v) is 10.6. The molecular formula is C19H18ClF3N2O5S. The van der Waals surface area contributed by atoms with Crippen molar-refractivity contribution in [2.24, 2.45) is 0 Å². The van der Waals surface area contributed by atoms with Crippen LogP contribution < -0.4 is 4.74 Å². The molecule has 3 heterocycles. The van der Waals surface area contributed by atoms with Gasteiger partial charge >= 0.3 is 6.36 Å². The SMILES string of the molecule is O=C(c1ccc(OCCOC(F)(F)F)c(Cl)c1)N1CC[C@]2(c3nccs3)OCOC2C1. The summed E-state index contributed by atoms with van der Waals surface area (Å²) in [6.07, 6.45) is -2.79. The van der Waals surface area contributed by atoms with E-state index in [9.17, 15) is 18.0 Å². The van der Waals surface area contributed by atoms with Crippen molar-refractivity contribution in [3.63, 3.8) is 0 Å². The Labute approximate surface area is 184 Å². The van der Waals surface area contributed by atoms with Gasteiger partial charge in [0.25, 0.3) is 5.91 Å². The van der Waals surface area contributed by atoms with Crippen molar-refractivity contribution in [3.8, 4) is 5.75 Å². The van der Waals surface area contributed by atoms with Gasteiger partial charge in [0.2, 0.25) is 0 Å². The van der Waals surface area contributed by atoms with E-state index in [0.29, 0.717) is 25.1 Å². The summed E-state index contributed by atoms with van der Waals surface area (Å²) in [6.45, 7) is -0.0801. The molecule has 2 atom stereocenters. The molecule has 2 aromatic rings. The molecule has 2 aliphatic rings. The molecule has 0 spiro atoms. The second-order valence-electron chi connectivity index (χ2n) is 6.93. The number of hydrogen-bond acceptors (Lipinski definition) is 7. The Morgan fingerprint density at radius 3 is 2.94 bits per heavy atom. The third kappa shape index (κ3) is 4.80. The Kier molecular flexibility index (Phi) is 6.40. The highest BCUT2D eigenvalue weighted by atomic mass is 35.5. The van der Waals surface area contributed by atoms with E-state index in [1.165, 1.54) is 29.5 Å². The minimum absolute atomic E-state index is 0.118. The van der Waals surface area contributed by atoms with Gasteiger partial charge in [0.05, 0.1) is 18.2 Å². The van der Waals surface area contributed by atoms with Gasteiger partial charge in [-0.25, -0.2) is 4.98 Å². The molecule has 0 bridgehead atoms. The Morgan fingerprint density at radius 2 is 2.23 bits per heavy atom. The fourth-order valence-corrected chi connectivity index (χ4v) is 4.74. The summed E-state index contributed by atoms with van der Waals surface area (Å²) < 4.78 is 56.5. The summed E-state index contributed by atoms with van der Waals surface area (Å²) in [6, 6.07) is 4.39. The zero-order valence-corrected chi connectivity index (χ0v) is 17.6. The van der Waals surface area contributed by atoms with E-state index >= 15 is 0 Å². The first-order chi connectivity index (χ1) is 14.8. The van der Waals surface area contributed by atoms with Crippen LogP contribution in [0.5, 0.6) is 5.75 Å². The Balaban J connectivity index is 1.38. The number of fused-ring (bicyclic) bond motifs is 1. The number of benzene rings is 1. The predicted octanol–water partition coefficient (Wildman–Crippen LogP) is 3.83. The van der Waals surface area contributed by atoms with Crippen LogP contribution in [0, 0.1) is 0 Å². The number of carbonyl (C=O) groups is 1. The molecular weight excluding hydrogens is 461 g/mol. The summed E-state index contributed by atoms with van der Waals surface area (Å²) in [4.78, 5) is 19.0. The maximum absolute atomic E-state index is 13.0. The predicted molar refractivity (Wildman–Crippen MR) is 104 cm³/mol. The third-order valence-corrected chi connectivity index (χ3v) is 6.34. The van der Waals surface area contributed by atoms with Gasteiger partial charge in [-0.2, -0.15) is 0 Å². The van der Waals surface area contributed by atoms with Gasteiger partial charge in [-0.1, -0.05) is 11.6 Å². The molecule has 0 saturated carbocycles. The third-order valence-electron chi connectivity index (χ3n) is 5.11. The maximum Gasteiger partial charge on any atom is 0.522 e. The number of hydrogen-bond donors (Lipinski definition) is 0. The molecule has 1 aromatic heterocycles. The van der Waals surface area contributed by atoms with Crippen LogP contribution in [0.15, 0.2) is 29.8 Å². The molecule has 0 N–H and O–H groups in total. The van der Waals surface area contributed by atoms with Crippen molar-refractivity contribution >= 4 is 28.8 Å². The minimum atomic E-state index is -4.72. The standard InChI is InChI=1S/C19H18ClF3N2O5S/c20-13-9-12(1-2-14(13)27-6-7-29-19(21,22)23)16(26)25-5-3-18(17-24-4-8-31-17)15(10-25)28-11-30-18/h1-2,4,8-9,15H,3,5-7,10-11H2/t15?,18-/m0/s1. The van der Waals surface area contributed by atoms with E-state index in [1.54, 1.807) is 11.1 Å². The Morgan fingerprint density at radius 1 is 1.39 bits per heavy atom. The molecule has 4 rings (SSSR count). The van der Waals surface area contributed by atoms with Crippen molar-refractivity contribution in [1.82, 2.24) is 9.88 Å². The second kappa shape index (κ2) is 8.91. The summed E-state index contributed by atoms with van der Waals surface area (Å²) in [7, 11) is 0. The lowest BCUT2D eigenvalue weighted by Gasteiger charge is -2.40. The van der Waals surface area contributed by atoms with Crippen LogP contribution in [0.1, 0.15) is 21.8 Å². The number of alkyl halides is 3. The highest BCUT2D eigenvalue weighted by Gasteiger charge is 2.52. The number of likely N-dealkylation sites (tertiary alicyclic amines) is 1. The number of rotatable bonds is 6. The van der Waals surface area contributed by atoms with E-state index in [-0.39, 0.29) is 36.2 Å². The summed E-state index contributed by atoms with van der Waals surface area (Å²) in [5, 5.41) is 2.83. The van der Waals surface area contributed by atoms with E-state index in [1.807, 2.05) is 5.38 Å². The van der Waals surface area contributed by atoms with Crippen molar-refractivity contribution in [2.75, 3.05) is 33.1 Å².